The summed E-state index contributed by atoms with van der Waals surface area (Å²) < 4.78 is 5.25. The molecule has 1 aliphatic heterocycles. The number of carbonyl (C=O) groups is 2. The lowest BCUT2D eigenvalue weighted by atomic mass is 10.1. The smallest absolute Gasteiger partial charge is 0.272 e. The van der Waals surface area contributed by atoms with Gasteiger partial charge in [0.1, 0.15) is 5.69 Å². The van der Waals surface area contributed by atoms with Crippen LogP contribution in [-0.4, -0.2) is 48.0 Å². The first kappa shape index (κ1) is 17.1. The van der Waals surface area contributed by atoms with E-state index in [1.54, 1.807) is 11.0 Å². The molecular formula is C19H21N3O3. The Hall–Kier alpha value is -2.73. The molecule has 0 aliphatic carbocycles. The molecule has 1 aromatic heterocycles. The number of ether oxygens (including phenoxy) is 1. The highest BCUT2D eigenvalue weighted by Gasteiger charge is 2.20. The van der Waals surface area contributed by atoms with E-state index in [1.165, 1.54) is 17.8 Å². The van der Waals surface area contributed by atoms with Gasteiger partial charge in [0.15, 0.2) is 0 Å². The Labute approximate surface area is 146 Å². The minimum atomic E-state index is -0.262. The Balaban J connectivity index is 1.74. The topological polar surface area (TPSA) is 71.5 Å². The van der Waals surface area contributed by atoms with Crippen molar-refractivity contribution in [1.82, 2.24) is 9.88 Å². The lowest BCUT2D eigenvalue weighted by Gasteiger charge is -2.26. The fourth-order valence-electron chi connectivity index (χ4n) is 2.64. The number of carbonyl (C=O) groups excluding carboxylic acids is 2. The number of amides is 2. The quantitative estimate of drug-likeness (QED) is 0.932. The third-order valence-electron chi connectivity index (χ3n) is 4.30. The molecule has 6 heteroatoms. The van der Waals surface area contributed by atoms with Crippen molar-refractivity contribution in [1.29, 1.82) is 0 Å². The molecule has 0 bridgehead atoms. The van der Waals surface area contributed by atoms with Gasteiger partial charge in [-0.15, -0.1) is 0 Å². The summed E-state index contributed by atoms with van der Waals surface area (Å²) in [6, 6.07) is 8.89. The van der Waals surface area contributed by atoms with Crippen LogP contribution in [-0.2, 0) is 4.74 Å². The molecule has 2 heterocycles. The number of nitrogens with one attached hydrogen (secondary N) is 1. The van der Waals surface area contributed by atoms with Gasteiger partial charge in [-0.3, -0.25) is 14.6 Å². The molecule has 0 saturated carbocycles. The first-order valence-electron chi connectivity index (χ1n) is 8.26. The highest BCUT2D eigenvalue weighted by atomic mass is 16.5. The summed E-state index contributed by atoms with van der Waals surface area (Å²) in [5.41, 5.74) is 3.68. The first-order chi connectivity index (χ1) is 12.0. The number of rotatable bonds is 3. The third-order valence-corrected chi connectivity index (χ3v) is 4.30. The second-order valence-electron chi connectivity index (χ2n) is 6.09. The average Bonchev–Trinajstić information content (AvgIpc) is 2.65. The normalized spacial score (nSPS) is 14.2. The molecule has 1 N–H and O–H groups in total. The second kappa shape index (κ2) is 7.44. The number of morpholine rings is 1. The molecule has 0 atom stereocenters. The lowest BCUT2D eigenvalue weighted by molar-refractivity contribution is 0.0299. The maximum absolute atomic E-state index is 12.5. The maximum atomic E-state index is 12.5. The molecule has 1 fully saturated rings. The van der Waals surface area contributed by atoms with Gasteiger partial charge in [0.05, 0.1) is 13.2 Å². The Morgan fingerprint density at radius 3 is 2.56 bits per heavy atom. The van der Waals surface area contributed by atoms with Crippen LogP contribution in [0.5, 0.6) is 0 Å². The predicted octanol–water partition coefficient (Wildman–Crippen LogP) is 2.42. The number of hydrogen-bond acceptors (Lipinski definition) is 4. The van der Waals surface area contributed by atoms with Crippen LogP contribution in [0.1, 0.15) is 32.0 Å². The minimum absolute atomic E-state index is 0.177. The summed E-state index contributed by atoms with van der Waals surface area (Å²) in [7, 11) is 0. The van der Waals surface area contributed by atoms with E-state index in [1.807, 2.05) is 32.0 Å². The molecule has 6 nitrogen and oxygen atoms in total. The fourth-order valence-corrected chi connectivity index (χ4v) is 2.64. The Kier molecular flexibility index (Phi) is 5.09. The molecule has 2 aromatic rings. The highest BCUT2D eigenvalue weighted by Crippen LogP contribution is 2.16. The Morgan fingerprint density at radius 2 is 1.84 bits per heavy atom. The van der Waals surface area contributed by atoms with E-state index in [2.05, 4.69) is 10.3 Å². The number of benzene rings is 1. The van der Waals surface area contributed by atoms with Crippen LogP contribution in [0.25, 0.3) is 0 Å². The predicted molar refractivity (Wildman–Crippen MR) is 94.8 cm³/mol. The van der Waals surface area contributed by atoms with Gasteiger partial charge in [0.25, 0.3) is 11.8 Å². The number of nitrogens with zero attached hydrogens (tertiary/aromatic N) is 2. The second-order valence-corrected chi connectivity index (χ2v) is 6.09. The van der Waals surface area contributed by atoms with Crippen LogP contribution in [0, 0.1) is 13.8 Å². The van der Waals surface area contributed by atoms with Gasteiger partial charge in [-0.05, 0) is 49.2 Å². The Bertz CT molecular complexity index is 798. The molecule has 1 aliphatic rings. The van der Waals surface area contributed by atoms with Crippen molar-refractivity contribution >= 4 is 17.5 Å². The SMILES string of the molecule is Cc1ccc(NC(=O)c2ccnc(C(=O)N3CCOCC3)c2)cc1C. The van der Waals surface area contributed by atoms with Crippen LogP contribution >= 0.6 is 0 Å². The molecule has 3 rings (SSSR count). The highest BCUT2D eigenvalue weighted by molar-refractivity contribution is 6.05. The van der Waals surface area contributed by atoms with Gasteiger partial charge in [0.2, 0.25) is 0 Å². The van der Waals surface area contributed by atoms with Crippen LogP contribution in [0.4, 0.5) is 5.69 Å². The standard InChI is InChI=1S/C19H21N3O3/c1-13-3-4-16(11-14(13)2)21-18(23)15-5-6-20-17(12-15)19(24)22-7-9-25-10-8-22/h3-6,11-12H,7-10H2,1-2H3,(H,21,23). The molecule has 0 spiro atoms. The molecule has 2 amide bonds. The lowest BCUT2D eigenvalue weighted by Crippen LogP contribution is -2.41. The van der Waals surface area contributed by atoms with E-state index in [-0.39, 0.29) is 17.5 Å². The van der Waals surface area contributed by atoms with E-state index in [9.17, 15) is 9.59 Å². The molecule has 0 radical (unpaired) electrons. The van der Waals surface area contributed by atoms with E-state index >= 15 is 0 Å². The number of hydrogen-bond donors (Lipinski definition) is 1. The zero-order valence-corrected chi connectivity index (χ0v) is 14.4. The van der Waals surface area contributed by atoms with Crippen molar-refractivity contribution in [2.45, 2.75) is 13.8 Å². The zero-order chi connectivity index (χ0) is 17.8. The molecule has 1 aromatic carbocycles. The zero-order valence-electron chi connectivity index (χ0n) is 14.4. The van der Waals surface area contributed by atoms with Crippen LogP contribution in [0.2, 0.25) is 0 Å². The number of aromatic nitrogens is 1. The van der Waals surface area contributed by atoms with Gasteiger partial charge < -0.3 is 15.0 Å². The van der Waals surface area contributed by atoms with E-state index in [0.29, 0.717) is 31.9 Å². The summed E-state index contributed by atoms with van der Waals surface area (Å²) in [6.07, 6.45) is 1.49. The van der Waals surface area contributed by atoms with Gasteiger partial charge in [-0.25, -0.2) is 0 Å². The monoisotopic (exact) mass is 339 g/mol. The van der Waals surface area contributed by atoms with Crippen LogP contribution < -0.4 is 5.32 Å². The summed E-state index contributed by atoms with van der Waals surface area (Å²) >= 11 is 0. The van der Waals surface area contributed by atoms with Crippen molar-refractivity contribution in [3.05, 3.63) is 58.9 Å². The van der Waals surface area contributed by atoms with Crippen LogP contribution in [0.15, 0.2) is 36.5 Å². The first-order valence-corrected chi connectivity index (χ1v) is 8.26. The summed E-state index contributed by atoms with van der Waals surface area (Å²) in [4.78, 5) is 30.8. The summed E-state index contributed by atoms with van der Waals surface area (Å²) in [5.74, 6) is -0.439. The summed E-state index contributed by atoms with van der Waals surface area (Å²) in [5, 5.41) is 2.86. The van der Waals surface area contributed by atoms with Crippen molar-refractivity contribution in [3.8, 4) is 0 Å². The minimum Gasteiger partial charge on any atom is -0.378 e. The Morgan fingerprint density at radius 1 is 1.08 bits per heavy atom. The molecule has 130 valence electrons. The third kappa shape index (κ3) is 4.03. The van der Waals surface area contributed by atoms with Crippen LogP contribution in [0.3, 0.4) is 0 Å². The van der Waals surface area contributed by atoms with Gasteiger partial charge in [-0.1, -0.05) is 6.07 Å². The van der Waals surface area contributed by atoms with Gasteiger partial charge in [-0.2, -0.15) is 0 Å². The van der Waals surface area contributed by atoms with E-state index in [4.69, 9.17) is 4.74 Å². The van der Waals surface area contributed by atoms with Gasteiger partial charge in [0, 0.05) is 30.5 Å². The van der Waals surface area contributed by atoms with Crippen molar-refractivity contribution in [3.63, 3.8) is 0 Å². The largest absolute Gasteiger partial charge is 0.378 e. The van der Waals surface area contributed by atoms with Crippen molar-refractivity contribution in [2.24, 2.45) is 0 Å². The molecule has 25 heavy (non-hydrogen) atoms. The van der Waals surface area contributed by atoms with Crippen molar-refractivity contribution in [2.75, 3.05) is 31.6 Å². The van der Waals surface area contributed by atoms with Crippen molar-refractivity contribution < 1.29 is 14.3 Å². The van der Waals surface area contributed by atoms with Gasteiger partial charge >= 0.3 is 0 Å². The van der Waals surface area contributed by atoms with E-state index in [0.717, 1.165) is 11.3 Å². The molecule has 0 unspecified atom stereocenters. The van der Waals surface area contributed by atoms with E-state index < -0.39 is 0 Å². The number of aryl methyl sites for hydroxylation is 2. The maximum Gasteiger partial charge on any atom is 0.272 e. The molecular weight excluding hydrogens is 318 g/mol. The molecule has 1 saturated heterocycles. The fraction of sp³-hybridized carbons (Fsp3) is 0.316. The summed E-state index contributed by atoms with van der Waals surface area (Å²) in [6.45, 7) is 6.15. The number of anilines is 1. The number of pyridine rings is 1. The average molecular weight is 339 g/mol.